The van der Waals surface area contributed by atoms with Crippen LogP contribution in [0.5, 0.6) is 0 Å². The molecule has 2 aromatic rings. The summed E-state index contributed by atoms with van der Waals surface area (Å²) >= 11 is 7.44. The molecule has 23 heavy (non-hydrogen) atoms. The van der Waals surface area contributed by atoms with E-state index in [-0.39, 0.29) is 0 Å². The van der Waals surface area contributed by atoms with Gasteiger partial charge in [-0.05, 0) is 50.0 Å². The van der Waals surface area contributed by atoms with Gasteiger partial charge in [0.1, 0.15) is 5.01 Å². The first-order valence-electron chi connectivity index (χ1n) is 8.33. The number of rotatable bonds is 3. The van der Waals surface area contributed by atoms with Gasteiger partial charge in [0, 0.05) is 19.7 Å². The van der Waals surface area contributed by atoms with Crippen molar-refractivity contribution in [2.45, 2.75) is 37.8 Å². The number of nitrogens with one attached hydrogen (secondary N) is 1. The summed E-state index contributed by atoms with van der Waals surface area (Å²) in [5, 5.41) is 5.44. The average Bonchev–Trinajstić information content (AvgIpc) is 3.31. The number of thiazole rings is 1. The number of para-hydroxylation sites is 1. The molecule has 1 N–H and O–H groups in total. The molecule has 0 unspecified atom stereocenters. The Morgan fingerprint density at radius 3 is 3.09 bits per heavy atom. The van der Waals surface area contributed by atoms with Crippen LogP contribution in [0.3, 0.4) is 0 Å². The lowest BCUT2D eigenvalue weighted by Crippen LogP contribution is -2.42. The number of hydrogen-bond donors (Lipinski definition) is 1. The van der Waals surface area contributed by atoms with E-state index in [1.807, 2.05) is 6.07 Å². The van der Waals surface area contributed by atoms with Crippen LogP contribution in [-0.2, 0) is 4.74 Å². The second kappa shape index (κ2) is 6.71. The monoisotopic (exact) mass is 347 g/mol. The lowest BCUT2D eigenvalue weighted by atomic mass is 10.2. The van der Waals surface area contributed by atoms with Crippen molar-refractivity contribution >= 4 is 38.9 Å². The van der Waals surface area contributed by atoms with Crippen LogP contribution in [0.15, 0.2) is 24.3 Å². The Morgan fingerprint density at radius 1 is 1.35 bits per heavy atom. The van der Waals surface area contributed by atoms with E-state index in [1.54, 1.807) is 11.3 Å². The summed E-state index contributed by atoms with van der Waals surface area (Å²) in [6.45, 7) is 2.72. The topological polar surface area (TPSA) is 37.4 Å². The first kappa shape index (κ1) is 15.3. The first-order valence-corrected chi connectivity index (χ1v) is 9.55. The number of fused-ring (bicyclic) bond motifs is 1. The van der Waals surface area contributed by atoms with Gasteiger partial charge in [0.15, 0.2) is 5.11 Å². The predicted octanol–water partition coefficient (Wildman–Crippen LogP) is 3.49. The molecule has 0 saturated carbocycles. The Morgan fingerprint density at radius 2 is 2.26 bits per heavy atom. The minimum absolute atomic E-state index is 0.316. The molecule has 4 nitrogen and oxygen atoms in total. The Bertz CT molecular complexity index is 663. The summed E-state index contributed by atoms with van der Waals surface area (Å²) in [4.78, 5) is 7.14. The van der Waals surface area contributed by atoms with Crippen molar-refractivity contribution in [1.82, 2.24) is 15.2 Å². The second-order valence-electron chi connectivity index (χ2n) is 6.19. The van der Waals surface area contributed by atoms with E-state index < -0.39 is 0 Å². The van der Waals surface area contributed by atoms with Crippen molar-refractivity contribution < 1.29 is 4.74 Å². The third kappa shape index (κ3) is 3.20. The van der Waals surface area contributed by atoms with E-state index in [4.69, 9.17) is 21.9 Å². The quantitative estimate of drug-likeness (QED) is 0.861. The average molecular weight is 348 g/mol. The lowest BCUT2D eigenvalue weighted by Gasteiger charge is -2.27. The number of ether oxygens (including phenoxy) is 1. The number of hydrogen-bond acceptors (Lipinski definition) is 4. The SMILES string of the molecule is S=C(NC[C@@H]1CCCO1)N1CCC[C@H]1c1nc2ccccc2s1. The van der Waals surface area contributed by atoms with Gasteiger partial charge in [-0.3, -0.25) is 0 Å². The normalized spacial score (nSPS) is 24.4. The zero-order valence-corrected chi connectivity index (χ0v) is 14.7. The highest BCUT2D eigenvalue weighted by atomic mass is 32.1. The van der Waals surface area contributed by atoms with Crippen LogP contribution in [0, 0.1) is 0 Å². The van der Waals surface area contributed by atoms with E-state index in [1.165, 1.54) is 16.1 Å². The van der Waals surface area contributed by atoms with Gasteiger partial charge in [-0.25, -0.2) is 4.98 Å². The van der Waals surface area contributed by atoms with Gasteiger partial charge in [-0.15, -0.1) is 11.3 Å². The van der Waals surface area contributed by atoms with Crippen molar-refractivity contribution in [3.63, 3.8) is 0 Å². The van der Waals surface area contributed by atoms with E-state index in [0.29, 0.717) is 12.1 Å². The predicted molar refractivity (Wildman–Crippen MR) is 97.9 cm³/mol. The van der Waals surface area contributed by atoms with Gasteiger partial charge in [0.2, 0.25) is 0 Å². The van der Waals surface area contributed by atoms with E-state index >= 15 is 0 Å². The van der Waals surface area contributed by atoms with Gasteiger partial charge in [0.05, 0.1) is 22.4 Å². The van der Waals surface area contributed by atoms with E-state index in [0.717, 1.165) is 49.6 Å². The Balaban J connectivity index is 1.46. The molecule has 1 aromatic carbocycles. The number of nitrogens with zero attached hydrogens (tertiary/aromatic N) is 2. The zero-order chi connectivity index (χ0) is 15.6. The standard InChI is InChI=1S/C17H21N3OS2/c22-17(18-11-12-5-4-10-21-12)20-9-3-7-14(20)16-19-13-6-1-2-8-15(13)23-16/h1-2,6,8,12,14H,3-5,7,9-11H2,(H,18,22)/t12-,14-/m0/s1. The van der Waals surface area contributed by atoms with Crippen LogP contribution in [0.1, 0.15) is 36.7 Å². The highest BCUT2D eigenvalue weighted by Gasteiger charge is 2.30. The van der Waals surface area contributed by atoms with Crippen LogP contribution < -0.4 is 5.32 Å². The van der Waals surface area contributed by atoms with Crippen molar-refractivity contribution in [1.29, 1.82) is 0 Å². The van der Waals surface area contributed by atoms with Crippen molar-refractivity contribution in [3.8, 4) is 0 Å². The molecule has 0 radical (unpaired) electrons. The highest BCUT2D eigenvalue weighted by Crippen LogP contribution is 2.36. The van der Waals surface area contributed by atoms with Gasteiger partial charge in [-0.1, -0.05) is 12.1 Å². The zero-order valence-electron chi connectivity index (χ0n) is 13.0. The van der Waals surface area contributed by atoms with Crippen molar-refractivity contribution in [2.75, 3.05) is 19.7 Å². The largest absolute Gasteiger partial charge is 0.376 e. The summed E-state index contributed by atoms with van der Waals surface area (Å²) in [7, 11) is 0. The number of aromatic nitrogens is 1. The summed E-state index contributed by atoms with van der Waals surface area (Å²) in [5.74, 6) is 0. The Hall–Kier alpha value is -1.24. The number of thiocarbonyl (C=S) groups is 1. The summed E-state index contributed by atoms with van der Waals surface area (Å²) in [5.41, 5.74) is 1.09. The second-order valence-corrected chi connectivity index (χ2v) is 7.64. The number of benzene rings is 1. The van der Waals surface area contributed by atoms with Crippen LogP contribution in [0.2, 0.25) is 0 Å². The Kier molecular flexibility index (Phi) is 4.46. The molecule has 4 rings (SSSR count). The fraction of sp³-hybridized carbons (Fsp3) is 0.529. The van der Waals surface area contributed by atoms with E-state index in [2.05, 4.69) is 28.4 Å². The first-order chi connectivity index (χ1) is 11.3. The summed E-state index contributed by atoms with van der Waals surface area (Å²) < 4.78 is 6.92. The molecular formula is C17H21N3OS2. The molecule has 122 valence electrons. The molecule has 2 aliphatic rings. The van der Waals surface area contributed by atoms with Gasteiger partial charge in [-0.2, -0.15) is 0 Å². The fourth-order valence-electron chi connectivity index (χ4n) is 3.41. The summed E-state index contributed by atoms with van der Waals surface area (Å²) in [6.07, 6.45) is 4.91. The van der Waals surface area contributed by atoms with Gasteiger partial charge >= 0.3 is 0 Å². The molecule has 1 aromatic heterocycles. The molecule has 3 heterocycles. The lowest BCUT2D eigenvalue weighted by molar-refractivity contribution is 0.113. The fourth-order valence-corrected chi connectivity index (χ4v) is 4.82. The molecule has 0 aliphatic carbocycles. The Labute approximate surface area is 145 Å². The minimum Gasteiger partial charge on any atom is -0.376 e. The molecule has 2 aliphatic heterocycles. The van der Waals surface area contributed by atoms with Crippen LogP contribution in [0.4, 0.5) is 0 Å². The van der Waals surface area contributed by atoms with Crippen LogP contribution in [0.25, 0.3) is 10.2 Å². The molecule has 0 spiro atoms. The maximum atomic E-state index is 5.67. The molecule has 2 fully saturated rings. The maximum absolute atomic E-state index is 5.67. The molecular weight excluding hydrogens is 326 g/mol. The van der Waals surface area contributed by atoms with Gasteiger partial charge < -0.3 is 15.0 Å². The van der Waals surface area contributed by atoms with Crippen LogP contribution in [-0.4, -0.2) is 40.8 Å². The maximum Gasteiger partial charge on any atom is 0.169 e. The summed E-state index contributed by atoms with van der Waals surface area (Å²) in [6, 6.07) is 8.67. The van der Waals surface area contributed by atoms with Gasteiger partial charge in [0.25, 0.3) is 0 Å². The third-order valence-corrected chi connectivity index (χ3v) is 6.13. The van der Waals surface area contributed by atoms with E-state index in [9.17, 15) is 0 Å². The number of likely N-dealkylation sites (tertiary alicyclic amines) is 1. The van der Waals surface area contributed by atoms with Crippen LogP contribution >= 0.6 is 23.6 Å². The molecule has 0 bridgehead atoms. The van der Waals surface area contributed by atoms with Crippen molar-refractivity contribution in [2.24, 2.45) is 0 Å². The molecule has 6 heteroatoms. The minimum atomic E-state index is 0.316. The third-order valence-electron chi connectivity index (χ3n) is 4.61. The van der Waals surface area contributed by atoms with Crippen molar-refractivity contribution in [3.05, 3.63) is 29.3 Å². The smallest absolute Gasteiger partial charge is 0.169 e. The highest BCUT2D eigenvalue weighted by molar-refractivity contribution is 7.80. The molecule has 2 atom stereocenters. The molecule has 0 amide bonds. The molecule has 2 saturated heterocycles.